The molecule has 2 aromatic rings. The predicted octanol–water partition coefficient (Wildman–Crippen LogP) is 3.59. The summed E-state index contributed by atoms with van der Waals surface area (Å²) in [5.41, 5.74) is 6.54. The van der Waals surface area contributed by atoms with Crippen LogP contribution in [0.15, 0.2) is 42.5 Å². The predicted molar refractivity (Wildman–Crippen MR) is 81.4 cm³/mol. The van der Waals surface area contributed by atoms with Crippen LogP contribution in [0.25, 0.3) is 0 Å². The first-order chi connectivity index (χ1) is 9.58. The Bertz CT molecular complexity index is 612. The maximum atomic E-state index is 11.8. The molecular formula is C14H12Cl2N2O2. The molecule has 0 atom stereocenters. The van der Waals surface area contributed by atoms with Crippen LogP contribution in [0.2, 0.25) is 10.0 Å². The molecule has 6 heteroatoms. The number of nitrogens with one attached hydrogen (secondary N) is 1. The Morgan fingerprint density at radius 3 is 2.40 bits per heavy atom. The second-order valence-electron chi connectivity index (χ2n) is 3.97. The zero-order chi connectivity index (χ0) is 14.5. The van der Waals surface area contributed by atoms with Gasteiger partial charge in [-0.05, 0) is 24.3 Å². The van der Waals surface area contributed by atoms with E-state index >= 15 is 0 Å². The molecule has 0 aliphatic rings. The summed E-state index contributed by atoms with van der Waals surface area (Å²) in [6, 6.07) is 11.9. The van der Waals surface area contributed by atoms with Crippen molar-refractivity contribution in [3.05, 3.63) is 52.5 Å². The number of anilines is 2. The van der Waals surface area contributed by atoms with Crippen molar-refractivity contribution in [3.8, 4) is 5.75 Å². The Morgan fingerprint density at radius 1 is 1.10 bits per heavy atom. The number of hydrogen-bond donors (Lipinski definition) is 2. The van der Waals surface area contributed by atoms with Gasteiger partial charge in [0.05, 0.1) is 21.4 Å². The van der Waals surface area contributed by atoms with Gasteiger partial charge < -0.3 is 15.8 Å². The third-order valence-electron chi connectivity index (χ3n) is 2.50. The number of nitrogens with two attached hydrogens (primary N) is 1. The fourth-order valence-electron chi connectivity index (χ4n) is 1.55. The summed E-state index contributed by atoms with van der Waals surface area (Å²) in [7, 11) is 0. The zero-order valence-electron chi connectivity index (χ0n) is 10.4. The average Bonchev–Trinajstić information content (AvgIpc) is 2.42. The molecule has 3 N–H and O–H groups in total. The number of nitrogen functional groups attached to an aromatic ring is 1. The highest BCUT2D eigenvalue weighted by Gasteiger charge is 2.10. The molecule has 0 aromatic heterocycles. The summed E-state index contributed by atoms with van der Waals surface area (Å²) in [5.74, 6) is 0.0798. The number of halogens is 2. The van der Waals surface area contributed by atoms with Gasteiger partial charge in [0.2, 0.25) is 0 Å². The first-order valence-corrected chi connectivity index (χ1v) is 6.54. The summed E-state index contributed by atoms with van der Waals surface area (Å²) in [6.45, 7) is -0.185. The molecule has 0 radical (unpaired) electrons. The van der Waals surface area contributed by atoms with E-state index in [4.69, 9.17) is 33.7 Å². The lowest BCUT2D eigenvalue weighted by Gasteiger charge is -2.11. The number of carbonyl (C=O) groups excluding carboxylic acids is 1. The third kappa shape index (κ3) is 3.56. The van der Waals surface area contributed by atoms with Crippen LogP contribution in [-0.4, -0.2) is 12.5 Å². The van der Waals surface area contributed by atoms with Crippen LogP contribution in [0.5, 0.6) is 5.75 Å². The molecule has 0 aliphatic heterocycles. The van der Waals surface area contributed by atoms with Crippen molar-refractivity contribution in [2.45, 2.75) is 0 Å². The highest BCUT2D eigenvalue weighted by molar-refractivity contribution is 6.39. The van der Waals surface area contributed by atoms with Crippen LogP contribution in [-0.2, 0) is 4.79 Å². The van der Waals surface area contributed by atoms with Crippen LogP contribution in [0.1, 0.15) is 0 Å². The van der Waals surface area contributed by atoms with Gasteiger partial charge in [-0.25, -0.2) is 0 Å². The number of benzene rings is 2. The second-order valence-corrected chi connectivity index (χ2v) is 4.79. The van der Waals surface area contributed by atoms with E-state index in [9.17, 15) is 4.79 Å². The van der Waals surface area contributed by atoms with E-state index in [1.807, 2.05) is 0 Å². The van der Waals surface area contributed by atoms with Gasteiger partial charge in [-0.2, -0.15) is 0 Å². The van der Waals surface area contributed by atoms with Gasteiger partial charge in [-0.15, -0.1) is 0 Å². The van der Waals surface area contributed by atoms with Crippen LogP contribution in [0, 0.1) is 0 Å². The monoisotopic (exact) mass is 310 g/mol. The van der Waals surface area contributed by atoms with Crippen LogP contribution < -0.4 is 15.8 Å². The van der Waals surface area contributed by atoms with E-state index in [2.05, 4.69) is 5.32 Å². The summed E-state index contributed by atoms with van der Waals surface area (Å²) >= 11 is 11.9. The van der Waals surface area contributed by atoms with Gasteiger partial charge in [0.1, 0.15) is 5.75 Å². The lowest BCUT2D eigenvalue weighted by atomic mass is 10.3. The summed E-state index contributed by atoms with van der Waals surface area (Å²) in [6.07, 6.45) is 0. The SMILES string of the molecule is Nc1ccccc1OCC(=O)Nc1c(Cl)cccc1Cl. The Labute approximate surface area is 126 Å². The Balaban J connectivity index is 1.98. The average molecular weight is 311 g/mol. The number of ether oxygens (including phenoxy) is 1. The minimum atomic E-state index is -0.372. The van der Waals surface area contributed by atoms with Crippen molar-refractivity contribution in [2.24, 2.45) is 0 Å². The minimum Gasteiger partial charge on any atom is -0.482 e. The normalized spacial score (nSPS) is 10.1. The second kappa shape index (κ2) is 6.50. The van der Waals surface area contributed by atoms with Crippen LogP contribution in [0.3, 0.4) is 0 Å². The standard InChI is InChI=1S/C14H12Cl2N2O2/c15-9-4-3-5-10(16)14(9)18-13(19)8-20-12-7-2-1-6-11(12)17/h1-7H,8,17H2,(H,18,19). The summed E-state index contributed by atoms with van der Waals surface area (Å²) in [4.78, 5) is 11.8. The molecule has 0 unspecified atom stereocenters. The molecule has 104 valence electrons. The highest BCUT2D eigenvalue weighted by Crippen LogP contribution is 2.29. The first-order valence-electron chi connectivity index (χ1n) is 5.79. The van der Waals surface area contributed by atoms with Crippen molar-refractivity contribution >= 4 is 40.5 Å². The Kier molecular flexibility index (Phi) is 4.71. The number of hydrogen-bond acceptors (Lipinski definition) is 3. The van der Waals surface area contributed by atoms with E-state index in [1.165, 1.54) is 0 Å². The van der Waals surface area contributed by atoms with Gasteiger partial charge in [-0.1, -0.05) is 41.4 Å². The molecule has 0 spiro atoms. The molecule has 1 amide bonds. The smallest absolute Gasteiger partial charge is 0.262 e. The highest BCUT2D eigenvalue weighted by atomic mass is 35.5. The lowest BCUT2D eigenvalue weighted by molar-refractivity contribution is -0.118. The fraction of sp³-hybridized carbons (Fsp3) is 0.0714. The lowest BCUT2D eigenvalue weighted by Crippen LogP contribution is -2.20. The van der Waals surface area contributed by atoms with Crippen LogP contribution in [0.4, 0.5) is 11.4 Å². The van der Waals surface area contributed by atoms with Gasteiger partial charge in [0.15, 0.2) is 6.61 Å². The number of carbonyl (C=O) groups is 1. The topological polar surface area (TPSA) is 64.3 Å². The largest absolute Gasteiger partial charge is 0.482 e. The van der Waals surface area contributed by atoms with Gasteiger partial charge in [0.25, 0.3) is 5.91 Å². The first kappa shape index (κ1) is 14.5. The maximum Gasteiger partial charge on any atom is 0.262 e. The molecule has 2 rings (SSSR count). The number of amides is 1. The minimum absolute atomic E-state index is 0.185. The molecule has 4 nitrogen and oxygen atoms in total. The summed E-state index contributed by atoms with van der Waals surface area (Å²) < 4.78 is 5.33. The molecule has 2 aromatic carbocycles. The van der Waals surface area contributed by atoms with Crippen molar-refractivity contribution < 1.29 is 9.53 Å². The van der Waals surface area contributed by atoms with Crippen LogP contribution >= 0.6 is 23.2 Å². The van der Waals surface area contributed by atoms with E-state index in [0.29, 0.717) is 27.2 Å². The van der Waals surface area contributed by atoms with Crippen molar-refractivity contribution in [1.82, 2.24) is 0 Å². The molecule has 20 heavy (non-hydrogen) atoms. The van der Waals surface area contributed by atoms with E-state index in [1.54, 1.807) is 42.5 Å². The van der Waals surface area contributed by atoms with Crippen molar-refractivity contribution in [1.29, 1.82) is 0 Å². The molecule has 0 fully saturated rings. The molecule has 0 heterocycles. The third-order valence-corrected chi connectivity index (χ3v) is 3.13. The number of rotatable bonds is 4. The van der Waals surface area contributed by atoms with Gasteiger partial charge >= 0.3 is 0 Å². The molecule has 0 aliphatic carbocycles. The fourth-order valence-corrected chi connectivity index (χ4v) is 2.04. The van der Waals surface area contributed by atoms with E-state index < -0.39 is 0 Å². The Hall–Kier alpha value is -1.91. The molecule has 0 bridgehead atoms. The molecule has 0 saturated heterocycles. The zero-order valence-corrected chi connectivity index (χ0v) is 11.9. The maximum absolute atomic E-state index is 11.8. The van der Waals surface area contributed by atoms with Gasteiger partial charge in [0, 0.05) is 0 Å². The Morgan fingerprint density at radius 2 is 1.75 bits per heavy atom. The quantitative estimate of drug-likeness (QED) is 0.848. The van der Waals surface area contributed by atoms with E-state index in [-0.39, 0.29) is 12.5 Å². The van der Waals surface area contributed by atoms with Crippen molar-refractivity contribution in [3.63, 3.8) is 0 Å². The van der Waals surface area contributed by atoms with E-state index in [0.717, 1.165) is 0 Å². The molecular weight excluding hydrogens is 299 g/mol. The van der Waals surface area contributed by atoms with Crippen molar-refractivity contribution in [2.75, 3.05) is 17.7 Å². The number of para-hydroxylation sites is 3. The van der Waals surface area contributed by atoms with Gasteiger partial charge in [-0.3, -0.25) is 4.79 Å². The summed E-state index contributed by atoms with van der Waals surface area (Å²) in [5, 5.41) is 3.33. The molecule has 0 saturated carbocycles.